The minimum atomic E-state index is -4.32. The van der Waals surface area contributed by atoms with E-state index < -0.39 is 38.7 Å². The van der Waals surface area contributed by atoms with Gasteiger partial charge in [0.1, 0.15) is 5.92 Å². The first kappa shape index (κ1) is 22.1. The van der Waals surface area contributed by atoms with E-state index in [9.17, 15) is 18.3 Å². The molecular weight excluding hydrogens is 410 g/mol. The summed E-state index contributed by atoms with van der Waals surface area (Å²) < 4.78 is 36.2. The normalized spacial score (nSPS) is 22.8. The van der Waals surface area contributed by atoms with E-state index in [0.29, 0.717) is 17.0 Å². The summed E-state index contributed by atoms with van der Waals surface area (Å²) in [6.07, 6.45) is 3.93. The molecule has 0 amide bonds. The second-order valence-electron chi connectivity index (χ2n) is 7.27. The highest BCUT2D eigenvalue weighted by molar-refractivity contribution is 7.89. The standard InChI is InChI=1S/C19H25N5O5S/c1-6-29-14(5)19(11(2)8-7-9-15(19)16(25)26)23-30(27,28)18-21-17-20-12(3)10-13(4)24(17)22-18/h7-10,14-15,23H,6H2,1-5H3,(H,25,26). The Balaban J connectivity index is 2.14. The second kappa shape index (κ2) is 7.89. The number of hydrogen-bond donors (Lipinski definition) is 2. The van der Waals surface area contributed by atoms with E-state index >= 15 is 0 Å². The van der Waals surface area contributed by atoms with Gasteiger partial charge in [0.05, 0.1) is 11.6 Å². The van der Waals surface area contributed by atoms with Crippen LogP contribution in [0, 0.1) is 19.8 Å². The molecule has 0 radical (unpaired) electrons. The van der Waals surface area contributed by atoms with Crippen LogP contribution in [0.5, 0.6) is 0 Å². The molecule has 10 nitrogen and oxygen atoms in total. The Morgan fingerprint density at radius 2 is 2.07 bits per heavy atom. The summed E-state index contributed by atoms with van der Waals surface area (Å²) >= 11 is 0. The molecule has 0 fully saturated rings. The van der Waals surface area contributed by atoms with Gasteiger partial charge in [-0.3, -0.25) is 4.79 Å². The number of nitrogens with one attached hydrogen (secondary N) is 1. The van der Waals surface area contributed by atoms with Gasteiger partial charge in [0.2, 0.25) is 0 Å². The van der Waals surface area contributed by atoms with Crippen molar-refractivity contribution in [3.8, 4) is 0 Å². The van der Waals surface area contributed by atoms with Gasteiger partial charge in [-0.25, -0.2) is 17.9 Å². The maximum absolute atomic E-state index is 13.3. The second-order valence-corrected chi connectivity index (χ2v) is 8.84. The van der Waals surface area contributed by atoms with Crippen molar-refractivity contribution < 1.29 is 23.1 Å². The predicted octanol–water partition coefficient (Wildman–Crippen LogP) is 1.40. The van der Waals surface area contributed by atoms with Gasteiger partial charge in [-0.05, 0) is 46.3 Å². The summed E-state index contributed by atoms with van der Waals surface area (Å²) in [6, 6.07) is 1.75. The molecule has 0 spiro atoms. The monoisotopic (exact) mass is 435 g/mol. The summed E-state index contributed by atoms with van der Waals surface area (Å²) in [4.78, 5) is 20.3. The summed E-state index contributed by atoms with van der Waals surface area (Å²) in [5.74, 6) is -2.22. The molecule has 3 rings (SSSR count). The Hall–Kier alpha value is -2.63. The van der Waals surface area contributed by atoms with Crippen molar-refractivity contribution in [2.75, 3.05) is 6.61 Å². The number of aromatic nitrogens is 4. The largest absolute Gasteiger partial charge is 0.481 e. The summed E-state index contributed by atoms with van der Waals surface area (Å²) in [5.41, 5.74) is 0.304. The van der Waals surface area contributed by atoms with E-state index in [1.54, 1.807) is 52.8 Å². The van der Waals surface area contributed by atoms with Gasteiger partial charge in [0.25, 0.3) is 21.0 Å². The van der Waals surface area contributed by atoms with E-state index in [1.807, 2.05) is 0 Å². The van der Waals surface area contributed by atoms with Crippen molar-refractivity contribution in [3.05, 3.63) is 41.3 Å². The van der Waals surface area contributed by atoms with Crippen LogP contribution in [0.2, 0.25) is 0 Å². The molecule has 2 aromatic heterocycles. The highest BCUT2D eigenvalue weighted by atomic mass is 32.2. The number of rotatable bonds is 7. The van der Waals surface area contributed by atoms with Crippen LogP contribution in [0.4, 0.5) is 0 Å². The Kier molecular flexibility index (Phi) is 5.81. The Labute approximate surface area is 174 Å². The maximum Gasteiger partial charge on any atom is 0.312 e. The first-order valence-electron chi connectivity index (χ1n) is 9.48. The third-order valence-electron chi connectivity index (χ3n) is 5.26. The lowest BCUT2D eigenvalue weighted by atomic mass is 9.72. The highest BCUT2D eigenvalue weighted by Gasteiger charge is 2.52. The minimum absolute atomic E-state index is 0.144. The van der Waals surface area contributed by atoms with Crippen molar-refractivity contribution >= 4 is 21.8 Å². The van der Waals surface area contributed by atoms with Crippen LogP contribution in [-0.2, 0) is 19.6 Å². The van der Waals surface area contributed by atoms with Crippen LogP contribution >= 0.6 is 0 Å². The van der Waals surface area contributed by atoms with Gasteiger partial charge in [0, 0.05) is 18.0 Å². The average molecular weight is 436 g/mol. The molecule has 2 heterocycles. The van der Waals surface area contributed by atoms with Gasteiger partial charge in [-0.1, -0.05) is 18.2 Å². The van der Waals surface area contributed by atoms with Crippen LogP contribution in [0.1, 0.15) is 32.2 Å². The number of ether oxygens (including phenoxy) is 1. The number of sulfonamides is 1. The van der Waals surface area contributed by atoms with E-state index in [1.165, 1.54) is 10.6 Å². The Bertz CT molecular complexity index is 1150. The maximum atomic E-state index is 13.3. The van der Waals surface area contributed by atoms with E-state index in [-0.39, 0.29) is 12.4 Å². The number of allylic oxidation sites excluding steroid dienone is 2. The molecule has 0 saturated carbocycles. The fraction of sp³-hybridized carbons (Fsp3) is 0.474. The van der Waals surface area contributed by atoms with Gasteiger partial charge in [0.15, 0.2) is 0 Å². The molecular formula is C19H25N5O5S. The quantitative estimate of drug-likeness (QED) is 0.666. The van der Waals surface area contributed by atoms with Gasteiger partial charge < -0.3 is 9.84 Å². The molecule has 3 unspecified atom stereocenters. The number of carbonyl (C=O) groups is 1. The van der Waals surface area contributed by atoms with Crippen LogP contribution in [0.15, 0.2) is 35.0 Å². The van der Waals surface area contributed by atoms with Crippen molar-refractivity contribution in [2.45, 2.75) is 51.4 Å². The van der Waals surface area contributed by atoms with E-state index in [0.717, 1.165) is 0 Å². The third kappa shape index (κ3) is 3.64. The molecule has 162 valence electrons. The number of carboxylic acids is 1. The zero-order chi connectivity index (χ0) is 22.3. The topological polar surface area (TPSA) is 136 Å². The third-order valence-corrected chi connectivity index (χ3v) is 6.52. The fourth-order valence-corrected chi connectivity index (χ4v) is 5.22. The molecule has 1 aliphatic rings. The van der Waals surface area contributed by atoms with Gasteiger partial charge in [-0.15, -0.1) is 5.10 Å². The van der Waals surface area contributed by atoms with E-state index in [2.05, 4.69) is 19.8 Å². The lowest BCUT2D eigenvalue weighted by molar-refractivity contribution is -0.144. The molecule has 1 aliphatic carbocycles. The first-order chi connectivity index (χ1) is 14.0. The summed E-state index contributed by atoms with van der Waals surface area (Å²) in [7, 11) is -4.32. The van der Waals surface area contributed by atoms with Crippen LogP contribution in [-0.4, -0.2) is 57.3 Å². The number of fused-ring (bicyclic) bond motifs is 1. The van der Waals surface area contributed by atoms with Crippen molar-refractivity contribution in [3.63, 3.8) is 0 Å². The van der Waals surface area contributed by atoms with Crippen LogP contribution < -0.4 is 4.72 Å². The Morgan fingerprint density at radius 3 is 2.70 bits per heavy atom. The van der Waals surface area contributed by atoms with Gasteiger partial charge >= 0.3 is 5.97 Å². The number of nitrogens with zero attached hydrogens (tertiary/aromatic N) is 4. The van der Waals surface area contributed by atoms with Crippen LogP contribution in [0.25, 0.3) is 5.78 Å². The SMILES string of the molecule is CCOC(C)C1(NS(=O)(=O)c2nc3nc(C)cc(C)n3n2)C(C)=CC=CC1C(=O)O. The van der Waals surface area contributed by atoms with Crippen molar-refractivity contribution in [1.29, 1.82) is 0 Å². The predicted molar refractivity (Wildman–Crippen MR) is 108 cm³/mol. The Morgan fingerprint density at radius 1 is 1.37 bits per heavy atom. The molecule has 0 bridgehead atoms. The first-order valence-corrected chi connectivity index (χ1v) is 11.0. The number of aliphatic carboxylic acids is 1. The molecule has 0 aliphatic heterocycles. The van der Waals surface area contributed by atoms with Crippen molar-refractivity contribution in [2.24, 2.45) is 5.92 Å². The zero-order valence-corrected chi connectivity index (χ0v) is 18.3. The smallest absolute Gasteiger partial charge is 0.312 e. The van der Waals surface area contributed by atoms with Crippen molar-refractivity contribution in [1.82, 2.24) is 24.3 Å². The lowest BCUT2D eigenvalue weighted by Gasteiger charge is -2.44. The van der Waals surface area contributed by atoms with Gasteiger partial charge in [-0.2, -0.15) is 9.71 Å². The molecule has 3 atom stereocenters. The average Bonchev–Trinajstić information content (AvgIpc) is 3.08. The summed E-state index contributed by atoms with van der Waals surface area (Å²) in [5, 5.41) is 13.4. The zero-order valence-electron chi connectivity index (χ0n) is 17.4. The number of hydrogen-bond acceptors (Lipinski definition) is 7. The molecule has 2 N–H and O–H groups in total. The molecule has 11 heteroatoms. The van der Waals surface area contributed by atoms with Crippen LogP contribution in [0.3, 0.4) is 0 Å². The molecule has 2 aromatic rings. The molecule has 30 heavy (non-hydrogen) atoms. The molecule has 0 saturated heterocycles. The highest BCUT2D eigenvalue weighted by Crippen LogP contribution is 2.37. The number of carboxylic acid groups (broad SMARTS) is 1. The summed E-state index contributed by atoms with van der Waals surface area (Å²) in [6.45, 7) is 8.88. The lowest BCUT2D eigenvalue weighted by Crippen LogP contribution is -2.63. The minimum Gasteiger partial charge on any atom is -0.481 e. The molecule has 0 aromatic carbocycles. The fourth-order valence-electron chi connectivity index (χ4n) is 3.83. The number of aryl methyl sites for hydroxylation is 2. The van der Waals surface area contributed by atoms with E-state index in [4.69, 9.17) is 4.74 Å².